The number of rotatable bonds is 4. The molecule has 1 aromatic carbocycles. The molecule has 2 N–H and O–H groups in total. The van der Waals surface area contributed by atoms with E-state index >= 15 is 0 Å². The van der Waals surface area contributed by atoms with Crippen molar-refractivity contribution in [3.63, 3.8) is 0 Å². The summed E-state index contributed by atoms with van der Waals surface area (Å²) >= 11 is 0. The van der Waals surface area contributed by atoms with E-state index in [0.29, 0.717) is 12.1 Å². The summed E-state index contributed by atoms with van der Waals surface area (Å²) in [6.45, 7) is 2.26. The maximum absolute atomic E-state index is 11.3. The van der Waals surface area contributed by atoms with Crippen molar-refractivity contribution in [1.82, 2.24) is 9.88 Å². The minimum absolute atomic E-state index is 0.391. The van der Waals surface area contributed by atoms with Crippen LogP contribution in [0.15, 0.2) is 36.0 Å². The van der Waals surface area contributed by atoms with Gasteiger partial charge in [0.15, 0.2) is 0 Å². The fraction of sp³-hybridized carbons (Fsp3) is 0.267. The first-order chi connectivity index (χ1) is 9.00. The number of likely N-dealkylation sites (N-methyl/N-ethyl adjacent to an activating group) is 1. The van der Waals surface area contributed by atoms with Gasteiger partial charge in [-0.25, -0.2) is 4.79 Å². The molecule has 100 valence electrons. The number of carboxylic acids is 1. The molecular weight excluding hydrogens is 240 g/mol. The molecule has 0 unspecified atom stereocenters. The van der Waals surface area contributed by atoms with Crippen LogP contribution in [0.2, 0.25) is 0 Å². The third kappa shape index (κ3) is 2.69. The Balaban J connectivity index is 2.64. The number of carboxylic acid groups (broad SMARTS) is 1. The van der Waals surface area contributed by atoms with Gasteiger partial charge in [-0.3, -0.25) is 0 Å². The Morgan fingerprint density at radius 2 is 2.05 bits per heavy atom. The number of aliphatic carboxylic acids is 1. The third-order valence-electron chi connectivity index (χ3n) is 3.17. The number of aromatic amines is 1. The largest absolute Gasteiger partial charge is 0.478 e. The SMILES string of the molecule is CC(C(=O)O)=C(CN(C)C)c1cccc2[nH]ccc12. The van der Waals surface area contributed by atoms with Crippen molar-refractivity contribution >= 4 is 22.4 Å². The number of nitrogens with zero attached hydrogens (tertiary/aromatic N) is 1. The first-order valence-corrected chi connectivity index (χ1v) is 6.15. The minimum Gasteiger partial charge on any atom is -0.478 e. The summed E-state index contributed by atoms with van der Waals surface area (Å²) in [6.07, 6.45) is 1.87. The maximum Gasteiger partial charge on any atom is 0.331 e. The van der Waals surface area contributed by atoms with Crippen LogP contribution in [0.25, 0.3) is 16.5 Å². The van der Waals surface area contributed by atoms with Crippen molar-refractivity contribution < 1.29 is 9.90 Å². The molecule has 0 fully saturated rings. The Morgan fingerprint density at radius 3 is 2.68 bits per heavy atom. The number of nitrogens with one attached hydrogen (secondary N) is 1. The van der Waals surface area contributed by atoms with Gasteiger partial charge in [0, 0.05) is 29.2 Å². The van der Waals surface area contributed by atoms with Crippen LogP contribution in [-0.2, 0) is 4.79 Å². The van der Waals surface area contributed by atoms with Crippen molar-refractivity contribution in [3.05, 3.63) is 41.6 Å². The Hall–Kier alpha value is -2.07. The van der Waals surface area contributed by atoms with Crippen molar-refractivity contribution in [3.8, 4) is 0 Å². The number of aromatic nitrogens is 1. The molecule has 0 spiro atoms. The smallest absolute Gasteiger partial charge is 0.331 e. The highest BCUT2D eigenvalue weighted by Crippen LogP contribution is 2.27. The van der Waals surface area contributed by atoms with Gasteiger partial charge in [0.05, 0.1) is 0 Å². The van der Waals surface area contributed by atoms with Crippen LogP contribution < -0.4 is 0 Å². The minimum atomic E-state index is -0.871. The second kappa shape index (κ2) is 5.28. The predicted molar refractivity (Wildman–Crippen MR) is 77.1 cm³/mol. The van der Waals surface area contributed by atoms with Gasteiger partial charge in [-0.2, -0.15) is 0 Å². The van der Waals surface area contributed by atoms with Crippen LogP contribution in [0.4, 0.5) is 0 Å². The number of benzene rings is 1. The molecule has 2 aromatic rings. The van der Waals surface area contributed by atoms with Gasteiger partial charge in [0.2, 0.25) is 0 Å². The van der Waals surface area contributed by atoms with Gasteiger partial charge >= 0.3 is 5.97 Å². The molecule has 0 radical (unpaired) electrons. The first kappa shape index (κ1) is 13.4. The monoisotopic (exact) mass is 258 g/mol. The molecule has 0 aliphatic rings. The Bertz CT molecular complexity index is 638. The predicted octanol–water partition coefficient (Wildman–Crippen LogP) is 2.59. The van der Waals surface area contributed by atoms with Gasteiger partial charge in [-0.15, -0.1) is 0 Å². The Kier molecular flexibility index (Phi) is 3.71. The number of carbonyl (C=O) groups is 1. The molecule has 0 saturated carbocycles. The summed E-state index contributed by atoms with van der Waals surface area (Å²) in [7, 11) is 3.87. The van der Waals surface area contributed by atoms with Crippen LogP contribution in [0.1, 0.15) is 12.5 Å². The molecule has 0 saturated heterocycles. The zero-order valence-corrected chi connectivity index (χ0v) is 11.4. The first-order valence-electron chi connectivity index (χ1n) is 6.15. The normalized spacial score (nSPS) is 12.8. The van der Waals surface area contributed by atoms with E-state index in [1.165, 1.54) is 0 Å². The number of H-pyrrole nitrogens is 1. The van der Waals surface area contributed by atoms with Crippen LogP contribution in [0, 0.1) is 0 Å². The average molecular weight is 258 g/mol. The van der Waals surface area contributed by atoms with Crippen LogP contribution in [-0.4, -0.2) is 41.6 Å². The lowest BCUT2D eigenvalue weighted by Crippen LogP contribution is -2.17. The van der Waals surface area contributed by atoms with Crippen molar-refractivity contribution in [2.24, 2.45) is 0 Å². The molecule has 19 heavy (non-hydrogen) atoms. The summed E-state index contributed by atoms with van der Waals surface area (Å²) in [5.41, 5.74) is 3.24. The van der Waals surface area contributed by atoms with Gasteiger partial charge < -0.3 is 15.0 Å². The highest BCUT2D eigenvalue weighted by Gasteiger charge is 2.15. The van der Waals surface area contributed by atoms with Gasteiger partial charge in [0.25, 0.3) is 0 Å². The fourth-order valence-corrected chi connectivity index (χ4v) is 2.20. The molecule has 4 nitrogen and oxygen atoms in total. The molecule has 0 bridgehead atoms. The molecule has 1 aromatic heterocycles. The molecule has 1 heterocycles. The third-order valence-corrected chi connectivity index (χ3v) is 3.17. The topological polar surface area (TPSA) is 56.3 Å². The molecule has 0 atom stereocenters. The lowest BCUT2D eigenvalue weighted by molar-refractivity contribution is -0.132. The molecule has 4 heteroatoms. The lowest BCUT2D eigenvalue weighted by Gasteiger charge is -2.16. The lowest BCUT2D eigenvalue weighted by atomic mass is 9.97. The number of hydrogen-bond acceptors (Lipinski definition) is 2. The zero-order chi connectivity index (χ0) is 14.0. The Morgan fingerprint density at radius 1 is 1.32 bits per heavy atom. The van der Waals surface area contributed by atoms with E-state index < -0.39 is 5.97 Å². The van der Waals surface area contributed by atoms with Crippen molar-refractivity contribution in [2.45, 2.75) is 6.92 Å². The molecule has 0 aliphatic heterocycles. The molecule has 0 amide bonds. The fourth-order valence-electron chi connectivity index (χ4n) is 2.20. The Labute approximate surface area is 112 Å². The average Bonchev–Trinajstić information content (AvgIpc) is 2.82. The second-order valence-electron chi connectivity index (χ2n) is 4.89. The van der Waals surface area contributed by atoms with Crippen LogP contribution in [0.3, 0.4) is 0 Å². The van der Waals surface area contributed by atoms with E-state index in [4.69, 9.17) is 0 Å². The zero-order valence-electron chi connectivity index (χ0n) is 11.4. The van der Waals surface area contributed by atoms with Crippen molar-refractivity contribution in [1.29, 1.82) is 0 Å². The van der Waals surface area contributed by atoms with Crippen LogP contribution in [0.5, 0.6) is 0 Å². The maximum atomic E-state index is 11.3. The summed E-state index contributed by atoms with van der Waals surface area (Å²) in [5.74, 6) is -0.871. The van der Waals surface area contributed by atoms with Gasteiger partial charge in [-0.1, -0.05) is 12.1 Å². The summed E-state index contributed by atoms with van der Waals surface area (Å²) in [5, 5.41) is 10.3. The highest BCUT2D eigenvalue weighted by molar-refractivity contribution is 6.01. The standard InChI is InChI=1S/C15H18N2O2/c1-10(15(18)19)13(9-17(2)3)11-5-4-6-14-12(11)7-8-16-14/h4-8,16H,9H2,1-3H3,(H,18,19). The molecule has 0 aliphatic carbocycles. The summed E-state index contributed by atoms with van der Waals surface area (Å²) < 4.78 is 0. The second-order valence-corrected chi connectivity index (χ2v) is 4.89. The van der Waals surface area contributed by atoms with E-state index in [0.717, 1.165) is 22.0 Å². The summed E-state index contributed by atoms with van der Waals surface area (Å²) in [4.78, 5) is 16.4. The number of fused-ring (bicyclic) bond motifs is 1. The summed E-state index contributed by atoms with van der Waals surface area (Å²) in [6, 6.07) is 7.89. The van der Waals surface area contributed by atoms with E-state index in [9.17, 15) is 9.90 Å². The van der Waals surface area contributed by atoms with Gasteiger partial charge in [-0.05, 0) is 44.3 Å². The van der Waals surface area contributed by atoms with Crippen LogP contribution >= 0.6 is 0 Å². The van der Waals surface area contributed by atoms with E-state index in [1.54, 1.807) is 6.92 Å². The van der Waals surface area contributed by atoms with E-state index in [2.05, 4.69) is 4.98 Å². The molecular formula is C15H18N2O2. The van der Waals surface area contributed by atoms with E-state index in [1.807, 2.05) is 49.5 Å². The van der Waals surface area contributed by atoms with Crippen molar-refractivity contribution in [2.75, 3.05) is 20.6 Å². The van der Waals surface area contributed by atoms with Gasteiger partial charge in [0.1, 0.15) is 0 Å². The quantitative estimate of drug-likeness (QED) is 0.829. The highest BCUT2D eigenvalue weighted by atomic mass is 16.4. The molecule has 2 rings (SSSR count). The van der Waals surface area contributed by atoms with E-state index in [-0.39, 0.29) is 0 Å². The number of hydrogen-bond donors (Lipinski definition) is 2.